The maximum atomic E-state index is 11.8. The molecule has 1 saturated heterocycles. The maximum absolute atomic E-state index is 11.8. The molecule has 3 fully saturated rings. The quantitative estimate of drug-likeness (QED) is 0.512. The van der Waals surface area contributed by atoms with Gasteiger partial charge in [0.1, 0.15) is 6.10 Å². The summed E-state index contributed by atoms with van der Waals surface area (Å²) in [7, 11) is 0. The molecule has 0 radical (unpaired) electrons. The van der Waals surface area contributed by atoms with Gasteiger partial charge in [0.2, 0.25) is 0 Å². The predicted octanol–water partition coefficient (Wildman–Crippen LogP) is 1.26. The average molecular weight is 266 g/mol. The number of aliphatic hydroxyl groups excluding tert-OH is 1. The number of aliphatic hydroxyl groups is 2. The van der Waals surface area contributed by atoms with E-state index < -0.39 is 11.7 Å². The molecule has 0 aromatic rings. The molecule has 7 atom stereocenters. The molecule has 3 aliphatic rings. The fraction of sp³-hybridized carbons (Fsp3) is 0.800. The molecule has 0 bridgehead atoms. The van der Waals surface area contributed by atoms with Crippen LogP contribution in [0.5, 0.6) is 0 Å². The number of rotatable bonds is 0. The van der Waals surface area contributed by atoms with Gasteiger partial charge in [0, 0.05) is 18.3 Å². The van der Waals surface area contributed by atoms with E-state index in [0.29, 0.717) is 6.42 Å². The first-order chi connectivity index (χ1) is 8.83. The molecule has 0 unspecified atom stereocenters. The van der Waals surface area contributed by atoms with Crippen molar-refractivity contribution >= 4 is 5.97 Å². The van der Waals surface area contributed by atoms with Crippen molar-refractivity contribution in [1.82, 2.24) is 0 Å². The van der Waals surface area contributed by atoms with Crippen molar-refractivity contribution in [3.63, 3.8) is 0 Å². The summed E-state index contributed by atoms with van der Waals surface area (Å²) in [5.74, 6) is -0.727. The highest BCUT2D eigenvalue weighted by molar-refractivity contribution is 5.75. The van der Waals surface area contributed by atoms with Gasteiger partial charge in [-0.1, -0.05) is 19.1 Å². The third-order valence-corrected chi connectivity index (χ3v) is 5.48. The number of carbonyl (C=O) groups excluding carboxylic acids is 1. The van der Waals surface area contributed by atoms with Gasteiger partial charge in [0.05, 0.1) is 17.6 Å². The molecule has 2 saturated carbocycles. The largest absolute Gasteiger partial charge is 0.461 e. The van der Waals surface area contributed by atoms with Crippen LogP contribution in [0.15, 0.2) is 12.2 Å². The SMILES string of the molecule is C=C1CC[C@@H]2[C@H]1[C@@H]1OC(=O)[C@H](C)[C@@H]1[C@@H](O)C[C@@]2(C)O. The molecular weight excluding hydrogens is 244 g/mol. The first kappa shape index (κ1) is 13.1. The minimum atomic E-state index is -0.917. The predicted molar refractivity (Wildman–Crippen MR) is 69.1 cm³/mol. The molecule has 4 heteroatoms. The van der Waals surface area contributed by atoms with Gasteiger partial charge in [-0.3, -0.25) is 4.79 Å². The third-order valence-electron chi connectivity index (χ3n) is 5.48. The van der Waals surface area contributed by atoms with E-state index in [1.807, 2.05) is 6.92 Å². The van der Waals surface area contributed by atoms with Crippen molar-refractivity contribution in [3.8, 4) is 0 Å². The fourth-order valence-electron chi connectivity index (χ4n) is 4.47. The summed E-state index contributed by atoms with van der Waals surface area (Å²) in [5.41, 5.74) is 0.135. The van der Waals surface area contributed by atoms with Gasteiger partial charge < -0.3 is 14.9 Å². The Bertz CT molecular complexity index is 428. The van der Waals surface area contributed by atoms with Crippen LogP contribution in [0.2, 0.25) is 0 Å². The molecule has 3 rings (SSSR count). The smallest absolute Gasteiger partial charge is 0.309 e. The highest BCUT2D eigenvalue weighted by Crippen LogP contribution is 2.53. The van der Waals surface area contributed by atoms with E-state index in [2.05, 4.69) is 6.58 Å². The van der Waals surface area contributed by atoms with Crippen molar-refractivity contribution in [2.24, 2.45) is 23.7 Å². The standard InChI is InChI=1S/C15H22O4/c1-7-4-5-9-11(7)13-12(8(2)14(17)19-13)10(16)6-15(9,3)18/h8-13,16,18H,1,4-6H2,2-3H3/t8-,9-,10+,11+,12-,13+,15-/m1/s1. The highest BCUT2D eigenvalue weighted by Gasteiger charge is 2.59. The van der Waals surface area contributed by atoms with Crippen LogP contribution in [0, 0.1) is 23.7 Å². The number of esters is 1. The van der Waals surface area contributed by atoms with Crippen molar-refractivity contribution in [2.45, 2.75) is 50.9 Å². The van der Waals surface area contributed by atoms with Crippen LogP contribution in [0.3, 0.4) is 0 Å². The van der Waals surface area contributed by atoms with E-state index >= 15 is 0 Å². The van der Waals surface area contributed by atoms with E-state index in [0.717, 1.165) is 18.4 Å². The Morgan fingerprint density at radius 3 is 2.84 bits per heavy atom. The zero-order valence-electron chi connectivity index (χ0n) is 11.5. The summed E-state index contributed by atoms with van der Waals surface area (Å²) in [6, 6.07) is 0. The van der Waals surface area contributed by atoms with Crippen molar-refractivity contribution < 1.29 is 19.7 Å². The molecule has 1 heterocycles. The highest BCUT2D eigenvalue weighted by atomic mass is 16.6. The van der Waals surface area contributed by atoms with Crippen LogP contribution in [-0.2, 0) is 9.53 Å². The van der Waals surface area contributed by atoms with Crippen molar-refractivity contribution in [2.75, 3.05) is 0 Å². The monoisotopic (exact) mass is 266 g/mol. The lowest BCUT2D eigenvalue weighted by Gasteiger charge is -2.33. The van der Waals surface area contributed by atoms with Crippen LogP contribution in [0.1, 0.15) is 33.1 Å². The van der Waals surface area contributed by atoms with Crippen LogP contribution < -0.4 is 0 Å². The van der Waals surface area contributed by atoms with Gasteiger partial charge >= 0.3 is 5.97 Å². The van der Waals surface area contributed by atoms with Gasteiger partial charge in [0.25, 0.3) is 0 Å². The zero-order valence-corrected chi connectivity index (χ0v) is 11.5. The first-order valence-electron chi connectivity index (χ1n) is 7.11. The van der Waals surface area contributed by atoms with Gasteiger partial charge in [-0.05, 0) is 25.7 Å². The Kier molecular flexibility index (Phi) is 2.81. The second kappa shape index (κ2) is 4.06. The van der Waals surface area contributed by atoms with Crippen molar-refractivity contribution in [3.05, 3.63) is 12.2 Å². The molecule has 2 aliphatic carbocycles. The second-order valence-corrected chi connectivity index (χ2v) is 6.73. The summed E-state index contributed by atoms with van der Waals surface area (Å²) >= 11 is 0. The molecule has 2 N–H and O–H groups in total. The number of fused-ring (bicyclic) bond motifs is 3. The van der Waals surface area contributed by atoms with Crippen LogP contribution in [0.4, 0.5) is 0 Å². The Balaban J connectivity index is 2.04. The van der Waals surface area contributed by atoms with Gasteiger partial charge in [-0.15, -0.1) is 0 Å². The normalized spacial score (nSPS) is 53.5. The third kappa shape index (κ3) is 1.77. The number of ether oxygens (including phenoxy) is 1. The molecule has 1 aliphatic heterocycles. The van der Waals surface area contributed by atoms with Gasteiger partial charge in [-0.25, -0.2) is 0 Å². The summed E-state index contributed by atoms with van der Waals surface area (Å²) in [6.45, 7) is 7.70. The fourth-order valence-corrected chi connectivity index (χ4v) is 4.47. The molecule has 106 valence electrons. The molecule has 0 aromatic heterocycles. The molecule has 0 amide bonds. The molecule has 0 aromatic carbocycles. The molecule has 4 nitrogen and oxygen atoms in total. The van der Waals surface area contributed by atoms with E-state index in [1.165, 1.54) is 0 Å². The topological polar surface area (TPSA) is 66.8 Å². The maximum Gasteiger partial charge on any atom is 0.309 e. The van der Waals surface area contributed by atoms with Crippen LogP contribution >= 0.6 is 0 Å². The minimum absolute atomic E-state index is 0.00829. The Hall–Kier alpha value is -0.870. The second-order valence-electron chi connectivity index (χ2n) is 6.73. The Morgan fingerprint density at radius 1 is 1.47 bits per heavy atom. The summed E-state index contributed by atoms with van der Waals surface area (Å²) in [4.78, 5) is 11.8. The number of carbonyl (C=O) groups is 1. The van der Waals surface area contributed by atoms with E-state index in [4.69, 9.17) is 4.74 Å². The summed E-state index contributed by atoms with van der Waals surface area (Å²) in [5, 5.41) is 21.1. The lowest BCUT2D eigenvalue weighted by molar-refractivity contribution is -0.146. The lowest BCUT2D eigenvalue weighted by Crippen LogP contribution is -2.39. The van der Waals surface area contributed by atoms with Gasteiger partial charge in [0.15, 0.2) is 0 Å². The van der Waals surface area contributed by atoms with Crippen LogP contribution in [-0.4, -0.2) is 34.0 Å². The van der Waals surface area contributed by atoms with Crippen molar-refractivity contribution in [1.29, 1.82) is 0 Å². The minimum Gasteiger partial charge on any atom is -0.461 e. The molecule has 0 spiro atoms. The average Bonchev–Trinajstić information content (AvgIpc) is 2.78. The summed E-state index contributed by atoms with van der Waals surface area (Å²) < 4.78 is 5.53. The molecule has 19 heavy (non-hydrogen) atoms. The first-order valence-corrected chi connectivity index (χ1v) is 7.11. The molecular formula is C15H22O4. The van der Waals surface area contributed by atoms with E-state index in [1.54, 1.807) is 6.92 Å². The van der Waals surface area contributed by atoms with Gasteiger partial charge in [-0.2, -0.15) is 0 Å². The number of hydrogen-bond donors (Lipinski definition) is 2. The van der Waals surface area contributed by atoms with E-state index in [9.17, 15) is 15.0 Å². The zero-order chi connectivity index (χ0) is 13.9. The lowest BCUT2D eigenvalue weighted by atomic mass is 9.77. The van der Waals surface area contributed by atoms with E-state index in [-0.39, 0.29) is 35.7 Å². The number of hydrogen-bond acceptors (Lipinski definition) is 4. The summed E-state index contributed by atoms with van der Waals surface area (Å²) in [6.07, 6.45) is 1.03. The van der Waals surface area contributed by atoms with Crippen LogP contribution in [0.25, 0.3) is 0 Å². The Labute approximate surface area is 113 Å². The Morgan fingerprint density at radius 2 is 2.16 bits per heavy atom.